The molecule has 3 aromatic heterocycles. The first-order chi connectivity index (χ1) is 15.0. The molecule has 1 aliphatic rings. The summed E-state index contributed by atoms with van der Waals surface area (Å²) in [5.74, 6) is 1.06. The highest BCUT2D eigenvalue weighted by Gasteiger charge is 2.25. The molecular weight excluding hydrogens is 380 g/mol. The Morgan fingerprint density at radius 3 is 2.65 bits per heavy atom. The number of fused-ring (bicyclic) bond motifs is 6. The third-order valence-electron chi connectivity index (χ3n) is 6.42. The second-order valence-electron chi connectivity index (χ2n) is 9.46. The first kappa shape index (κ1) is 18.3. The molecule has 6 rings (SSSR count). The van der Waals surface area contributed by atoms with Crippen LogP contribution in [0.25, 0.3) is 44.1 Å². The van der Waals surface area contributed by atoms with Crippen molar-refractivity contribution in [1.29, 1.82) is 0 Å². The molecule has 0 N–H and O–H groups in total. The molecule has 5 aromatic rings. The average Bonchev–Trinajstić information content (AvgIpc) is 3.17. The summed E-state index contributed by atoms with van der Waals surface area (Å²) >= 11 is 0. The lowest BCUT2D eigenvalue weighted by atomic mass is 9.82. The molecule has 0 amide bonds. The topological polar surface area (TPSA) is 38.9 Å². The van der Waals surface area contributed by atoms with Crippen LogP contribution in [0.5, 0.6) is 0 Å². The summed E-state index contributed by atoms with van der Waals surface area (Å²) in [6, 6.07) is 17.3. The smallest absolute Gasteiger partial charge is 0.161 e. The van der Waals surface area contributed by atoms with E-state index in [9.17, 15) is 0 Å². The fourth-order valence-electron chi connectivity index (χ4n) is 4.94. The molecule has 3 heteroatoms. The van der Waals surface area contributed by atoms with E-state index in [1.807, 2.05) is 18.6 Å². The van der Waals surface area contributed by atoms with E-state index in [0.29, 0.717) is 0 Å². The predicted octanol–water partition coefficient (Wildman–Crippen LogP) is 7.11. The second-order valence-corrected chi connectivity index (χ2v) is 9.46. The zero-order valence-corrected chi connectivity index (χ0v) is 18.1. The van der Waals surface area contributed by atoms with Gasteiger partial charge in [0.15, 0.2) is 5.58 Å². The maximum Gasteiger partial charge on any atom is 0.161 e. The molecule has 0 atom stereocenters. The van der Waals surface area contributed by atoms with Gasteiger partial charge in [-0.25, -0.2) is 0 Å². The van der Waals surface area contributed by atoms with E-state index in [2.05, 4.69) is 74.3 Å². The lowest BCUT2D eigenvalue weighted by Gasteiger charge is -2.22. The van der Waals surface area contributed by atoms with Crippen molar-refractivity contribution in [1.82, 2.24) is 9.97 Å². The molecule has 0 aliphatic heterocycles. The Morgan fingerprint density at radius 2 is 1.77 bits per heavy atom. The largest absolute Gasteiger partial charge is 0.458 e. The minimum Gasteiger partial charge on any atom is -0.458 e. The Labute approximate surface area is 181 Å². The number of aryl methyl sites for hydroxylation is 2. The summed E-state index contributed by atoms with van der Waals surface area (Å²) in [5, 5.41) is 3.67. The van der Waals surface area contributed by atoms with E-state index >= 15 is 0 Å². The zero-order valence-electron chi connectivity index (χ0n) is 18.1. The van der Waals surface area contributed by atoms with Crippen LogP contribution < -0.4 is 0 Å². The van der Waals surface area contributed by atoms with E-state index in [4.69, 9.17) is 9.40 Å². The summed E-state index contributed by atoms with van der Waals surface area (Å²) in [4.78, 5) is 9.12. The van der Waals surface area contributed by atoms with Gasteiger partial charge >= 0.3 is 0 Å². The lowest BCUT2D eigenvalue weighted by Crippen LogP contribution is -2.12. The number of furan rings is 1. The van der Waals surface area contributed by atoms with Crippen LogP contribution in [0.15, 0.2) is 71.5 Å². The third-order valence-corrected chi connectivity index (χ3v) is 6.42. The first-order valence-corrected chi connectivity index (χ1v) is 10.9. The van der Waals surface area contributed by atoms with Gasteiger partial charge in [0, 0.05) is 41.5 Å². The fourth-order valence-corrected chi connectivity index (χ4v) is 4.94. The van der Waals surface area contributed by atoms with E-state index in [0.717, 1.165) is 40.8 Å². The van der Waals surface area contributed by atoms with Crippen LogP contribution in [0.3, 0.4) is 0 Å². The number of hydrogen-bond donors (Lipinski definition) is 0. The van der Waals surface area contributed by atoms with Gasteiger partial charge in [0.05, 0.1) is 0 Å². The van der Waals surface area contributed by atoms with Gasteiger partial charge in [-0.2, -0.15) is 0 Å². The minimum absolute atomic E-state index is 0.0256. The van der Waals surface area contributed by atoms with Crippen molar-refractivity contribution in [3.8, 4) is 22.4 Å². The van der Waals surface area contributed by atoms with Gasteiger partial charge in [0.25, 0.3) is 0 Å². The van der Waals surface area contributed by atoms with E-state index < -0.39 is 0 Å². The molecule has 3 nitrogen and oxygen atoms in total. The molecule has 0 spiro atoms. The molecule has 2 aromatic carbocycles. The van der Waals surface area contributed by atoms with Crippen molar-refractivity contribution in [3.63, 3.8) is 0 Å². The minimum atomic E-state index is 0.0256. The number of rotatable bonds is 1. The number of nitrogens with zero attached hydrogens (tertiary/aromatic N) is 2. The maximum atomic E-state index is 6.49. The van der Waals surface area contributed by atoms with Gasteiger partial charge in [-0.15, -0.1) is 0 Å². The van der Waals surface area contributed by atoms with Gasteiger partial charge in [-0.1, -0.05) is 45.0 Å². The third kappa shape index (κ3) is 2.80. The molecule has 3 heterocycles. The predicted molar refractivity (Wildman–Crippen MR) is 126 cm³/mol. The van der Waals surface area contributed by atoms with Crippen LogP contribution in [-0.2, 0) is 18.3 Å². The Morgan fingerprint density at radius 1 is 0.903 bits per heavy atom. The molecule has 152 valence electrons. The van der Waals surface area contributed by atoms with Crippen molar-refractivity contribution in [2.75, 3.05) is 0 Å². The molecule has 0 saturated carbocycles. The number of pyridine rings is 2. The Bertz CT molecular complexity index is 1470. The van der Waals surface area contributed by atoms with Gasteiger partial charge in [0.2, 0.25) is 0 Å². The van der Waals surface area contributed by atoms with Crippen molar-refractivity contribution >= 4 is 21.7 Å². The summed E-state index contributed by atoms with van der Waals surface area (Å²) in [6.45, 7) is 6.80. The fraction of sp³-hybridized carbons (Fsp3) is 0.214. The molecule has 31 heavy (non-hydrogen) atoms. The highest BCUT2D eigenvalue weighted by atomic mass is 16.3. The summed E-state index contributed by atoms with van der Waals surface area (Å²) in [5.41, 5.74) is 7.99. The van der Waals surface area contributed by atoms with Gasteiger partial charge in [-0.05, 0) is 63.6 Å². The van der Waals surface area contributed by atoms with Crippen LogP contribution in [-0.4, -0.2) is 9.97 Å². The standard InChI is InChI=1S/C28H24N2O/c1-28(2,3)23-15-19(14-17-6-4-5-7-20(17)23)26-27-22(11-13-30-26)25-21-10-12-29-16-18(21)8-9-24(25)31-27/h4-7,10-16H,8-9H2,1-3H3. The molecule has 0 unspecified atom stereocenters. The summed E-state index contributed by atoms with van der Waals surface area (Å²) < 4.78 is 6.49. The van der Waals surface area contributed by atoms with Gasteiger partial charge < -0.3 is 4.42 Å². The quantitative estimate of drug-likeness (QED) is 0.299. The van der Waals surface area contributed by atoms with Crippen LogP contribution in [0, 0.1) is 0 Å². The highest BCUT2D eigenvalue weighted by Crippen LogP contribution is 2.43. The Kier molecular flexibility index (Phi) is 3.85. The number of aromatic nitrogens is 2. The zero-order chi connectivity index (χ0) is 21.2. The lowest BCUT2D eigenvalue weighted by molar-refractivity contribution is 0.545. The summed E-state index contributed by atoms with van der Waals surface area (Å²) in [6.07, 6.45) is 7.62. The van der Waals surface area contributed by atoms with Crippen LogP contribution in [0.4, 0.5) is 0 Å². The monoisotopic (exact) mass is 404 g/mol. The Balaban J connectivity index is 1.64. The summed E-state index contributed by atoms with van der Waals surface area (Å²) in [7, 11) is 0. The van der Waals surface area contributed by atoms with Crippen molar-refractivity contribution in [2.45, 2.75) is 39.0 Å². The average molecular weight is 405 g/mol. The first-order valence-electron chi connectivity index (χ1n) is 10.9. The molecule has 0 saturated heterocycles. The second kappa shape index (κ2) is 6.52. The normalized spacial score (nSPS) is 13.4. The van der Waals surface area contributed by atoms with Crippen LogP contribution in [0.1, 0.15) is 37.7 Å². The Hall–Kier alpha value is -3.46. The molecule has 0 radical (unpaired) electrons. The van der Waals surface area contributed by atoms with Crippen molar-refractivity contribution in [3.05, 3.63) is 84.0 Å². The number of hydrogen-bond acceptors (Lipinski definition) is 3. The SMILES string of the molecule is CC(C)(C)c1cc(-c2nccc3c4c(oc23)CCc2cnccc2-4)cc2ccccc12. The molecule has 0 fully saturated rings. The van der Waals surface area contributed by atoms with Crippen LogP contribution >= 0.6 is 0 Å². The number of benzene rings is 2. The molecule has 1 aliphatic carbocycles. The molecule has 0 bridgehead atoms. The van der Waals surface area contributed by atoms with Gasteiger partial charge in [0.1, 0.15) is 11.5 Å². The highest BCUT2D eigenvalue weighted by molar-refractivity contribution is 6.03. The van der Waals surface area contributed by atoms with E-state index in [1.54, 1.807) is 0 Å². The van der Waals surface area contributed by atoms with E-state index in [1.165, 1.54) is 33.0 Å². The van der Waals surface area contributed by atoms with Crippen molar-refractivity contribution < 1.29 is 4.42 Å². The van der Waals surface area contributed by atoms with Crippen molar-refractivity contribution in [2.24, 2.45) is 0 Å². The van der Waals surface area contributed by atoms with Gasteiger partial charge in [-0.3, -0.25) is 9.97 Å². The van der Waals surface area contributed by atoms with E-state index in [-0.39, 0.29) is 5.41 Å². The maximum absolute atomic E-state index is 6.49. The van der Waals surface area contributed by atoms with Crippen LogP contribution in [0.2, 0.25) is 0 Å². The molecular formula is C28H24N2O.